The molecule has 1 atom stereocenters. The molecule has 0 bridgehead atoms. The summed E-state index contributed by atoms with van der Waals surface area (Å²) < 4.78 is 0. The zero-order valence-electron chi connectivity index (χ0n) is 6.76. The molecular weight excluding hydrogens is 130 g/mol. The van der Waals surface area contributed by atoms with Crippen molar-refractivity contribution in [3.05, 3.63) is 0 Å². The molecule has 0 aromatic carbocycles. The van der Waals surface area contributed by atoms with E-state index >= 15 is 0 Å². The van der Waals surface area contributed by atoms with Gasteiger partial charge < -0.3 is 4.84 Å². The topological polar surface area (TPSA) is 52.3 Å². The normalized spacial score (nSPS) is 13.3. The molecule has 0 aliphatic heterocycles. The molecule has 0 fully saturated rings. The lowest BCUT2D eigenvalue weighted by Crippen LogP contribution is -2.19. The smallest absolute Gasteiger partial charge is 0.327 e. The van der Waals surface area contributed by atoms with E-state index in [2.05, 4.69) is 18.7 Å². The van der Waals surface area contributed by atoms with Crippen molar-refractivity contribution in [3.63, 3.8) is 0 Å². The molecule has 0 aromatic heterocycles. The van der Waals surface area contributed by atoms with Crippen LogP contribution in [0.25, 0.3) is 0 Å². The van der Waals surface area contributed by atoms with Crippen molar-refractivity contribution in [1.82, 2.24) is 0 Å². The summed E-state index contributed by atoms with van der Waals surface area (Å²) in [5, 5.41) is 0. The highest BCUT2D eigenvalue weighted by Crippen LogP contribution is 2.11. The van der Waals surface area contributed by atoms with Crippen molar-refractivity contribution in [3.8, 4) is 0 Å². The second kappa shape index (κ2) is 4.28. The van der Waals surface area contributed by atoms with E-state index in [-0.39, 0.29) is 11.9 Å². The van der Waals surface area contributed by atoms with E-state index in [4.69, 9.17) is 5.90 Å². The minimum atomic E-state index is -0.325. The first-order chi connectivity index (χ1) is 4.57. The summed E-state index contributed by atoms with van der Waals surface area (Å²) in [6.45, 7) is 5.93. The fraction of sp³-hybridized carbons (Fsp3) is 0.857. The van der Waals surface area contributed by atoms with E-state index in [1.807, 2.05) is 6.92 Å². The number of hydrogen-bond acceptors (Lipinski definition) is 3. The van der Waals surface area contributed by atoms with Crippen LogP contribution in [0, 0.1) is 11.8 Å². The van der Waals surface area contributed by atoms with Crippen molar-refractivity contribution in [1.29, 1.82) is 0 Å². The average molecular weight is 145 g/mol. The van der Waals surface area contributed by atoms with Gasteiger partial charge in [-0.15, -0.1) is 0 Å². The Kier molecular flexibility index (Phi) is 4.03. The molecular formula is C7H15NO2. The van der Waals surface area contributed by atoms with E-state index in [1.54, 1.807) is 0 Å². The van der Waals surface area contributed by atoms with Gasteiger partial charge in [0.2, 0.25) is 0 Å². The molecule has 10 heavy (non-hydrogen) atoms. The first-order valence-corrected chi connectivity index (χ1v) is 3.48. The predicted octanol–water partition coefficient (Wildman–Crippen LogP) is 1.09. The monoisotopic (exact) mass is 145 g/mol. The standard InChI is InChI=1S/C7H15NO2/c1-5(2)4-6(3)7(9)10-8/h5-6H,4,8H2,1-3H3. The summed E-state index contributed by atoms with van der Waals surface area (Å²) in [6, 6.07) is 0. The van der Waals surface area contributed by atoms with Gasteiger partial charge in [-0.25, -0.2) is 0 Å². The van der Waals surface area contributed by atoms with Crippen LogP contribution in [0.3, 0.4) is 0 Å². The van der Waals surface area contributed by atoms with Crippen molar-refractivity contribution in [2.75, 3.05) is 0 Å². The van der Waals surface area contributed by atoms with Gasteiger partial charge in [0.1, 0.15) is 0 Å². The van der Waals surface area contributed by atoms with Gasteiger partial charge in [-0.3, -0.25) is 4.79 Å². The van der Waals surface area contributed by atoms with Crippen molar-refractivity contribution >= 4 is 5.97 Å². The minimum absolute atomic E-state index is 0.0787. The van der Waals surface area contributed by atoms with Crippen LogP contribution < -0.4 is 5.90 Å². The summed E-state index contributed by atoms with van der Waals surface area (Å²) in [5.41, 5.74) is 0. The number of carbonyl (C=O) groups excluding carboxylic acids is 1. The van der Waals surface area contributed by atoms with E-state index in [0.29, 0.717) is 5.92 Å². The maximum Gasteiger partial charge on any atom is 0.327 e. The van der Waals surface area contributed by atoms with Gasteiger partial charge in [0, 0.05) is 0 Å². The lowest BCUT2D eigenvalue weighted by molar-refractivity contribution is -0.149. The number of carbonyl (C=O) groups is 1. The Balaban J connectivity index is 3.61. The van der Waals surface area contributed by atoms with Crippen LogP contribution in [-0.4, -0.2) is 5.97 Å². The Morgan fingerprint density at radius 3 is 2.30 bits per heavy atom. The Hall–Kier alpha value is -0.570. The van der Waals surface area contributed by atoms with Crippen molar-refractivity contribution < 1.29 is 9.63 Å². The van der Waals surface area contributed by atoms with Crippen LogP contribution in [0.5, 0.6) is 0 Å². The van der Waals surface area contributed by atoms with Crippen LogP contribution in [0.15, 0.2) is 0 Å². The summed E-state index contributed by atoms with van der Waals surface area (Å²) in [7, 11) is 0. The second-order valence-electron chi connectivity index (χ2n) is 2.97. The molecule has 60 valence electrons. The molecule has 0 aliphatic carbocycles. The van der Waals surface area contributed by atoms with Gasteiger partial charge in [0.15, 0.2) is 0 Å². The molecule has 0 spiro atoms. The summed E-state index contributed by atoms with van der Waals surface area (Å²) in [6.07, 6.45) is 0.829. The van der Waals surface area contributed by atoms with E-state index in [1.165, 1.54) is 0 Å². The molecule has 3 heteroatoms. The highest BCUT2D eigenvalue weighted by atomic mass is 16.7. The van der Waals surface area contributed by atoms with Gasteiger partial charge in [0.25, 0.3) is 0 Å². The number of nitrogens with two attached hydrogens (primary N) is 1. The Morgan fingerprint density at radius 2 is 2.00 bits per heavy atom. The van der Waals surface area contributed by atoms with Gasteiger partial charge in [0.05, 0.1) is 5.92 Å². The number of hydrogen-bond donors (Lipinski definition) is 1. The molecule has 0 radical (unpaired) electrons. The molecule has 1 unspecified atom stereocenters. The first kappa shape index (κ1) is 9.43. The quantitative estimate of drug-likeness (QED) is 0.605. The second-order valence-corrected chi connectivity index (χ2v) is 2.97. The van der Waals surface area contributed by atoms with Crippen LogP contribution >= 0.6 is 0 Å². The van der Waals surface area contributed by atoms with E-state index in [9.17, 15) is 4.79 Å². The summed E-state index contributed by atoms with van der Waals surface area (Å²) in [4.78, 5) is 14.8. The SMILES string of the molecule is CC(C)CC(C)C(=O)ON. The van der Waals surface area contributed by atoms with E-state index < -0.39 is 0 Å². The predicted molar refractivity (Wildman–Crippen MR) is 38.9 cm³/mol. The van der Waals surface area contributed by atoms with Crippen LogP contribution in [0.1, 0.15) is 27.2 Å². The maximum atomic E-state index is 10.7. The van der Waals surface area contributed by atoms with Crippen molar-refractivity contribution in [2.45, 2.75) is 27.2 Å². The lowest BCUT2D eigenvalue weighted by atomic mass is 9.99. The molecule has 0 aliphatic rings. The molecule has 3 nitrogen and oxygen atoms in total. The average Bonchev–Trinajstić information content (AvgIpc) is 1.85. The lowest BCUT2D eigenvalue weighted by Gasteiger charge is -2.09. The summed E-state index contributed by atoms with van der Waals surface area (Å²) >= 11 is 0. The fourth-order valence-electron chi connectivity index (χ4n) is 0.919. The highest BCUT2D eigenvalue weighted by Gasteiger charge is 2.14. The highest BCUT2D eigenvalue weighted by molar-refractivity contribution is 5.71. The van der Waals surface area contributed by atoms with Gasteiger partial charge in [-0.05, 0) is 12.3 Å². The molecule has 0 saturated heterocycles. The Labute approximate surface area is 61.5 Å². The van der Waals surface area contributed by atoms with Gasteiger partial charge in [-0.1, -0.05) is 20.8 Å². The Bertz CT molecular complexity index is 112. The Morgan fingerprint density at radius 1 is 1.50 bits per heavy atom. The zero-order valence-corrected chi connectivity index (χ0v) is 6.76. The first-order valence-electron chi connectivity index (χ1n) is 3.48. The van der Waals surface area contributed by atoms with Crippen LogP contribution in [-0.2, 0) is 9.63 Å². The zero-order chi connectivity index (χ0) is 8.15. The third-order valence-corrected chi connectivity index (χ3v) is 1.34. The van der Waals surface area contributed by atoms with Gasteiger partial charge >= 0.3 is 5.97 Å². The minimum Gasteiger partial charge on any atom is -0.373 e. The molecule has 2 N–H and O–H groups in total. The van der Waals surface area contributed by atoms with E-state index in [0.717, 1.165) is 6.42 Å². The molecule has 0 aromatic rings. The molecule has 0 rings (SSSR count). The molecule has 0 saturated carbocycles. The number of rotatable bonds is 3. The van der Waals surface area contributed by atoms with Crippen LogP contribution in [0.2, 0.25) is 0 Å². The third-order valence-electron chi connectivity index (χ3n) is 1.34. The van der Waals surface area contributed by atoms with Crippen LogP contribution in [0.4, 0.5) is 0 Å². The largest absolute Gasteiger partial charge is 0.373 e. The molecule has 0 heterocycles. The van der Waals surface area contributed by atoms with Gasteiger partial charge in [-0.2, -0.15) is 5.90 Å². The summed E-state index contributed by atoms with van der Waals surface area (Å²) in [5.74, 6) is 4.80. The fourth-order valence-corrected chi connectivity index (χ4v) is 0.919. The maximum absolute atomic E-state index is 10.7. The van der Waals surface area contributed by atoms with Crippen molar-refractivity contribution in [2.24, 2.45) is 17.7 Å². The molecule has 0 amide bonds. The third kappa shape index (κ3) is 3.45.